The molecule has 3 N–H and O–H groups in total. The van der Waals surface area contributed by atoms with Gasteiger partial charge in [0.05, 0.1) is 25.8 Å². The van der Waals surface area contributed by atoms with Crippen molar-refractivity contribution in [3.8, 4) is 5.75 Å². The van der Waals surface area contributed by atoms with Crippen LogP contribution in [0, 0.1) is 0 Å². The number of nitrogens with one attached hydrogen (secondary N) is 1. The molecule has 3 rings (SSSR count). The van der Waals surface area contributed by atoms with Gasteiger partial charge in [-0.3, -0.25) is 9.89 Å². The number of halogens is 3. The van der Waals surface area contributed by atoms with Crippen molar-refractivity contribution in [2.24, 2.45) is 10.7 Å². The predicted molar refractivity (Wildman–Crippen MR) is 105 cm³/mol. The fourth-order valence-electron chi connectivity index (χ4n) is 3.11. The van der Waals surface area contributed by atoms with Crippen LogP contribution in [0.4, 0.5) is 18.9 Å². The van der Waals surface area contributed by atoms with Crippen LogP contribution in [0.3, 0.4) is 0 Å². The summed E-state index contributed by atoms with van der Waals surface area (Å²) in [5.41, 5.74) is 7.64. The number of alkyl halides is 3. The molecule has 0 aromatic heterocycles. The van der Waals surface area contributed by atoms with Crippen LogP contribution in [0.5, 0.6) is 5.75 Å². The van der Waals surface area contributed by atoms with Gasteiger partial charge in [0.15, 0.2) is 5.96 Å². The predicted octanol–water partition coefficient (Wildman–Crippen LogP) is 3.39. The lowest BCUT2D eigenvalue weighted by Crippen LogP contribution is -2.40. The lowest BCUT2D eigenvalue weighted by Gasteiger charge is -2.34. The maximum atomic E-state index is 12.2. The minimum atomic E-state index is -4.72. The minimum absolute atomic E-state index is 0.0583. The van der Waals surface area contributed by atoms with Crippen LogP contribution in [-0.4, -0.2) is 50.1 Å². The van der Waals surface area contributed by atoms with Gasteiger partial charge in [-0.25, -0.2) is 0 Å². The fourth-order valence-corrected chi connectivity index (χ4v) is 3.11. The number of ether oxygens (including phenoxy) is 2. The smallest absolute Gasteiger partial charge is 0.406 e. The van der Waals surface area contributed by atoms with E-state index < -0.39 is 6.36 Å². The number of benzene rings is 2. The Hall–Kier alpha value is -2.78. The van der Waals surface area contributed by atoms with Crippen LogP contribution in [0.2, 0.25) is 0 Å². The van der Waals surface area contributed by atoms with Crippen LogP contribution >= 0.6 is 0 Å². The fraction of sp³-hybridized carbons (Fsp3) is 0.350. The third-order valence-electron chi connectivity index (χ3n) is 4.47. The van der Waals surface area contributed by atoms with Gasteiger partial charge >= 0.3 is 6.36 Å². The first-order valence-electron chi connectivity index (χ1n) is 9.20. The summed E-state index contributed by atoms with van der Waals surface area (Å²) in [6, 6.07) is 15.4. The van der Waals surface area contributed by atoms with E-state index in [0.717, 1.165) is 18.7 Å². The third-order valence-corrected chi connectivity index (χ3v) is 4.47. The second kappa shape index (κ2) is 9.62. The van der Waals surface area contributed by atoms with Gasteiger partial charge in [-0.05, 0) is 29.8 Å². The molecule has 1 unspecified atom stereocenters. The molecule has 2 aromatic rings. The van der Waals surface area contributed by atoms with Gasteiger partial charge in [-0.15, -0.1) is 13.2 Å². The summed E-state index contributed by atoms with van der Waals surface area (Å²) in [4.78, 5) is 6.75. The number of rotatable bonds is 6. The number of nitrogens with two attached hydrogens (primary N) is 1. The van der Waals surface area contributed by atoms with Gasteiger partial charge in [0.2, 0.25) is 0 Å². The first-order chi connectivity index (χ1) is 13.9. The van der Waals surface area contributed by atoms with Crippen LogP contribution in [0.1, 0.15) is 11.6 Å². The highest BCUT2D eigenvalue weighted by atomic mass is 19.4. The van der Waals surface area contributed by atoms with Crippen molar-refractivity contribution in [2.45, 2.75) is 12.4 Å². The van der Waals surface area contributed by atoms with Gasteiger partial charge in [0.25, 0.3) is 0 Å². The molecule has 0 bridgehead atoms. The second-order valence-corrected chi connectivity index (χ2v) is 6.50. The van der Waals surface area contributed by atoms with Crippen molar-refractivity contribution >= 4 is 11.6 Å². The van der Waals surface area contributed by atoms with E-state index in [0.29, 0.717) is 25.4 Å². The largest absolute Gasteiger partial charge is 0.573 e. The van der Waals surface area contributed by atoms with E-state index in [9.17, 15) is 13.2 Å². The van der Waals surface area contributed by atoms with E-state index in [1.807, 2.05) is 18.2 Å². The Morgan fingerprint density at radius 3 is 2.38 bits per heavy atom. The normalized spacial score (nSPS) is 17.0. The van der Waals surface area contributed by atoms with Gasteiger partial charge in [-0.2, -0.15) is 0 Å². The van der Waals surface area contributed by atoms with Crippen LogP contribution < -0.4 is 15.8 Å². The number of anilines is 1. The number of aliphatic imine (C=N–C) groups is 1. The van der Waals surface area contributed by atoms with Crippen LogP contribution in [0.15, 0.2) is 59.6 Å². The topological polar surface area (TPSA) is 72.1 Å². The Kier molecular flexibility index (Phi) is 6.95. The molecule has 1 aliphatic rings. The molecular formula is C20H23F3N4O2. The summed E-state index contributed by atoms with van der Waals surface area (Å²) < 4.78 is 46.0. The first-order valence-corrected chi connectivity index (χ1v) is 9.20. The van der Waals surface area contributed by atoms with Crippen molar-refractivity contribution in [3.63, 3.8) is 0 Å². The molecule has 1 heterocycles. The average Bonchev–Trinajstić information content (AvgIpc) is 2.70. The lowest BCUT2D eigenvalue weighted by molar-refractivity contribution is -0.274. The third kappa shape index (κ3) is 6.65. The molecular weight excluding hydrogens is 385 g/mol. The Balaban J connectivity index is 1.64. The van der Waals surface area contributed by atoms with E-state index in [1.165, 1.54) is 24.3 Å². The van der Waals surface area contributed by atoms with E-state index in [2.05, 4.69) is 32.1 Å². The summed E-state index contributed by atoms with van der Waals surface area (Å²) in [5.74, 6) is -0.112. The summed E-state index contributed by atoms with van der Waals surface area (Å²) in [5, 5.41) is 2.89. The second-order valence-electron chi connectivity index (χ2n) is 6.50. The van der Waals surface area contributed by atoms with Gasteiger partial charge < -0.3 is 20.5 Å². The van der Waals surface area contributed by atoms with Gasteiger partial charge in [0.1, 0.15) is 5.75 Å². The molecule has 2 aromatic carbocycles. The first kappa shape index (κ1) is 20.9. The molecule has 0 radical (unpaired) electrons. The highest BCUT2D eigenvalue weighted by molar-refractivity contribution is 5.92. The van der Waals surface area contributed by atoms with Gasteiger partial charge in [0, 0.05) is 18.8 Å². The zero-order valence-corrected chi connectivity index (χ0v) is 15.7. The van der Waals surface area contributed by atoms with Crippen molar-refractivity contribution < 1.29 is 22.6 Å². The summed E-state index contributed by atoms with van der Waals surface area (Å²) in [6.07, 6.45) is -4.72. The van der Waals surface area contributed by atoms with E-state index >= 15 is 0 Å². The van der Waals surface area contributed by atoms with Crippen molar-refractivity contribution in [1.29, 1.82) is 0 Å². The molecule has 9 heteroatoms. The highest BCUT2D eigenvalue weighted by Crippen LogP contribution is 2.24. The van der Waals surface area contributed by atoms with Crippen molar-refractivity contribution in [1.82, 2.24) is 4.90 Å². The molecule has 1 saturated heterocycles. The Labute approximate surface area is 167 Å². The number of guanidine groups is 1. The monoisotopic (exact) mass is 408 g/mol. The summed E-state index contributed by atoms with van der Waals surface area (Å²) in [6.45, 7) is 3.41. The molecule has 6 nitrogen and oxygen atoms in total. The number of hydrogen-bond acceptors (Lipinski definition) is 4. The average molecular weight is 408 g/mol. The maximum absolute atomic E-state index is 12.2. The number of morpholine rings is 1. The van der Waals surface area contributed by atoms with E-state index in [4.69, 9.17) is 10.5 Å². The summed E-state index contributed by atoms with van der Waals surface area (Å²) in [7, 11) is 0. The maximum Gasteiger partial charge on any atom is 0.573 e. The summed E-state index contributed by atoms with van der Waals surface area (Å²) >= 11 is 0. The zero-order chi connectivity index (χ0) is 20.7. The van der Waals surface area contributed by atoms with Crippen LogP contribution in [0.25, 0.3) is 0 Å². The Bertz CT molecular complexity index is 792. The Morgan fingerprint density at radius 1 is 1.10 bits per heavy atom. The molecule has 156 valence electrons. The molecule has 1 fully saturated rings. The zero-order valence-electron chi connectivity index (χ0n) is 15.7. The van der Waals surface area contributed by atoms with Crippen molar-refractivity contribution in [3.05, 3.63) is 60.2 Å². The van der Waals surface area contributed by atoms with E-state index in [-0.39, 0.29) is 17.8 Å². The number of hydrogen-bond donors (Lipinski definition) is 2. The molecule has 0 spiro atoms. The molecule has 0 saturated carbocycles. The number of nitrogens with zero attached hydrogens (tertiary/aromatic N) is 2. The molecule has 1 atom stereocenters. The lowest BCUT2D eigenvalue weighted by atomic mass is 10.1. The molecule has 29 heavy (non-hydrogen) atoms. The molecule has 0 aliphatic carbocycles. The van der Waals surface area contributed by atoms with E-state index in [1.54, 1.807) is 0 Å². The standard InChI is InChI=1S/C20H23F3N4O2/c21-20(22,23)29-17-8-6-16(7-9-17)26-19(24)25-14-18(15-4-2-1-3-5-15)27-10-12-28-13-11-27/h1-9,18H,10-14H2,(H3,24,25,26). The van der Waals surface area contributed by atoms with Crippen LogP contribution in [-0.2, 0) is 4.74 Å². The minimum Gasteiger partial charge on any atom is -0.406 e. The highest BCUT2D eigenvalue weighted by Gasteiger charge is 2.31. The van der Waals surface area contributed by atoms with Gasteiger partial charge in [-0.1, -0.05) is 30.3 Å². The van der Waals surface area contributed by atoms with Crippen molar-refractivity contribution in [2.75, 3.05) is 38.2 Å². The Morgan fingerprint density at radius 2 is 1.76 bits per heavy atom. The molecule has 0 amide bonds. The quantitative estimate of drug-likeness (QED) is 0.566. The molecule has 1 aliphatic heterocycles. The SMILES string of the molecule is NC(=NCC(c1ccccc1)N1CCOCC1)Nc1ccc(OC(F)(F)F)cc1.